The Hall–Kier alpha value is -0.630. The predicted octanol–water partition coefficient (Wildman–Crippen LogP) is 4.20. The van der Waals surface area contributed by atoms with Crippen LogP contribution in [0.3, 0.4) is 0 Å². The van der Waals surface area contributed by atoms with Crippen molar-refractivity contribution in [3.63, 3.8) is 0 Å². The van der Waals surface area contributed by atoms with Crippen LogP contribution in [0.15, 0.2) is 24.3 Å². The van der Waals surface area contributed by atoms with E-state index in [1.807, 2.05) is 13.3 Å². The van der Waals surface area contributed by atoms with Crippen LogP contribution in [0.5, 0.6) is 0 Å². The van der Waals surface area contributed by atoms with Crippen LogP contribution in [-0.2, 0) is 11.1 Å². The van der Waals surface area contributed by atoms with Gasteiger partial charge in [0.1, 0.15) is 0 Å². The van der Waals surface area contributed by atoms with Gasteiger partial charge in [-0.05, 0) is 56.1 Å². The number of hydrogen-bond acceptors (Lipinski definition) is 3. The lowest BCUT2D eigenvalue weighted by atomic mass is 9.84. The molecule has 2 rings (SSSR count). The summed E-state index contributed by atoms with van der Waals surface area (Å²) in [5.74, 6) is 0.529. The highest BCUT2D eigenvalue weighted by Gasteiger charge is 2.38. The summed E-state index contributed by atoms with van der Waals surface area (Å²) in [6, 6.07) is 8.62. The maximum atomic E-state index is 12.3. The summed E-state index contributed by atoms with van der Waals surface area (Å²) in [5.41, 5.74) is 2.06. The molecule has 0 aliphatic heterocycles. The van der Waals surface area contributed by atoms with E-state index in [4.69, 9.17) is 0 Å². The van der Waals surface area contributed by atoms with E-state index in [-0.39, 0.29) is 5.66 Å². The summed E-state index contributed by atoms with van der Waals surface area (Å²) in [6.45, 7) is 9.46. The van der Waals surface area contributed by atoms with Crippen LogP contribution in [0.2, 0.25) is 0 Å². The lowest BCUT2D eigenvalue weighted by molar-refractivity contribution is 0.00581. The van der Waals surface area contributed by atoms with Gasteiger partial charge in [0.25, 0.3) is 0 Å². The second kappa shape index (κ2) is 7.51. The van der Waals surface area contributed by atoms with Gasteiger partial charge in [0.15, 0.2) is 0 Å². The standard InChI is InChI=1S/C19H32NO2P/c1-15(2)17-8-5-7-16(11-17)13-20-14-19(21)10-6-9-18(12-19)23(3,4)22/h5,7-8,11,15,18,20-21H,6,9-10,12-14H2,1-4H3. The zero-order valence-corrected chi connectivity index (χ0v) is 15.9. The second-order valence-corrected chi connectivity index (χ2v) is 11.5. The maximum Gasteiger partial charge on any atom is 0.0849 e. The molecule has 130 valence electrons. The molecule has 1 aliphatic rings. The van der Waals surface area contributed by atoms with Crippen LogP contribution < -0.4 is 5.32 Å². The molecule has 0 amide bonds. The monoisotopic (exact) mass is 337 g/mol. The van der Waals surface area contributed by atoms with Crippen molar-refractivity contribution in [1.29, 1.82) is 0 Å². The molecule has 1 fully saturated rings. The first-order valence-electron chi connectivity index (χ1n) is 8.76. The van der Waals surface area contributed by atoms with Gasteiger partial charge in [-0.3, -0.25) is 0 Å². The number of nitrogens with one attached hydrogen (secondary N) is 1. The molecule has 1 aromatic carbocycles. The zero-order valence-electron chi connectivity index (χ0n) is 15.0. The van der Waals surface area contributed by atoms with Gasteiger partial charge in [0.05, 0.1) is 12.7 Å². The Kier molecular flexibility index (Phi) is 6.10. The molecule has 0 bridgehead atoms. The topological polar surface area (TPSA) is 49.3 Å². The second-order valence-electron chi connectivity index (χ2n) is 7.91. The van der Waals surface area contributed by atoms with E-state index in [0.717, 1.165) is 25.8 Å². The van der Waals surface area contributed by atoms with Gasteiger partial charge in [-0.25, -0.2) is 0 Å². The maximum absolute atomic E-state index is 12.3. The third-order valence-corrected chi connectivity index (χ3v) is 7.27. The molecular formula is C19H32NO2P. The van der Waals surface area contributed by atoms with Gasteiger partial charge in [0.2, 0.25) is 0 Å². The van der Waals surface area contributed by atoms with Gasteiger partial charge in [-0.15, -0.1) is 0 Å². The summed E-state index contributed by atoms with van der Waals surface area (Å²) in [5, 5.41) is 14.3. The first kappa shape index (κ1) is 18.7. The van der Waals surface area contributed by atoms with Crippen molar-refractivity contribution >= 4 is 7.14 Å². The Morgan fingerprint density at radius 2 is 2.13 bits per heavy atom. The molecule has 0 spiro atoms. The SMILES string of the molecule is CC(C)c1cccc(CNCC2(O)CCCC(P(C)(C)=O)C2)c1. The highest BCUT2D eigenvalue weighted by molar-refractivity contribution is 7.63. The minimum Gasteiger partial charge on any atom is -0.389 e. The van der Waals surface area contributed by atoms with Gasteiger partial charge < -0.3 is 15.0 Å². The summed E-state index contributed by atoms with van der Waals surface area (Å²) in [6.07, 6.45) is 3.43. The van der Waals surface area contributed by atoms with E-state index in [9.17, 15) is 9.67 Å². The molecule has 2 N–H and O–H groups in total. The molecule has 1 aliphatic carbocycles. The van der Waals surface area contributed by atoms with Crippen molar-refractivity contribution in [1.82, 2.24) is 5.32 Å². The molecule has 23 heavy (non-hydrogen) atoms. The largest absolute Gasteiger partial charge is 0.389 e. The normalized spacial score (nSPS) is 25.7. The fourth-order valence-corrected chi connectivity index (χ4v) is 5.09. The first-order chi connectivity index (χ1) is 10.7. The van der Waals surface area contributed by atoms with Crippen molar-refractivity contribution in [2.75, 3.05) is 19.9 Å². The average molecular weight is 337 g/mol. The Morgan fingerprint density at radius 3 is 2.78 bits per heavy atom. The zero-order chi connectivity index (χ0) is 17.1. The Labute approximate surface area is 141 Å². The van der Waals surface area contributed by atoms with E-state index in [2.05, 4.69) is 43.4 Å². The average Bonchev–Trinajstić information content (AvgIpc) is 2.46. The number of rotatable bonds is 6. The number of aliphatic hydroxyl groups is 1. The molecule has 4 heteroatoms. The first-order valence-corrected chi connectivity index (χ1v) is 11.4. The number of hydrogen-bond donors (Lipinski definition) is 2. The molecule has 2 atom stereocenters. The molecule has 2 unspecified atom stereocenters. The van der Waals surface area contributed by atoms with Gasteiger partial charge in [-0.2, -0.15) is 0 Å². The van der Waals surface area contributed by atoms with E-state index in [0.29, 0.717) is 18.9 Å². The van der Waals surface area contributed by atoms with E-state index in [1.165, 1.54) is 11.1 Å². The molecule has 0 heterocycles. The van der Waals surface area contributed by atoms with Crippen molar-refractivity contribution < 1.29 is 9.67 Å². The van der Waals surface area contributed by atoms with Crippen LogP contribution >= 0.6 is 7.14 Å². The fourth-order valence-electron chi connectivity index (χ4n) is 3.50. The van der Waals surface area contributed by atoms with Crippen LogP contribution in [0.1, 0.15) is 56.6 Å². The van der Waals surface area contributed by atoms with Crippen molar-refractivity contribution in [2.45, 2.75) is 63.3 Å². The van der Waals surface area contributed by atoms with Gasteiger partial charge in [0, 0.05) is 18.7 Å². The fraction of sp³-hybridized carbons (Fsp3) is 0.684. The van der Waals surface area contributed by atoms with Gasteiger partial charge in [-0.1, -0.05) is 38.1 Å². The van der Waals surface area contributed by atoms with E-state index in [1.54, 1.807) is 0 Å². The van der Waals surface area contributed by atoms with Crippen molar-refractivity contribution in [3.8, 4) is 0 Å². The Bertz CT molecular complexity index is 566. The highest BCUT2D eigenvalue weighted by Crippen LogP contribution is 2.50. The van der Waals surface area contributed by atoms with Crippen molar-refractivity contribution in [3.05, 3.63) is 35.4 Å². The third-order valence-electron chi connectivity index (χ3n) is 5.08. The van der Waals surface area contributed by atoms with Crippen LogP contribution in [-0.4, -0.2) is 36.2 Å². The molecule has 1 aromatic rings. The van der Waals surface area contributed by atoms with Crippen LogP contribution in [0.25, 0.3) is 0 Å². The smallest absolute Gasteiger partial charge is 0.0849 e. The van der Waals surface area contributed by atoms with Gasteiger partial charge >= 0.3 is 0 Å². The van der Waals surface area contributed by atoms with Crippen molar-refractivity contribution in [2.24, 2.45) is 0 Å². The molecule has 0 saturated heterocycles. The summed E-state index contributed by atoms with van der Waals surface area (Å²) < 4.78 is 12.3. The minimum absolute atomic E-state index is 0.173. The summed E-state index contributed by atoms with van der Waals surface area (Å²) in [4.78, 5) is 0. The predicted molar refractivity (Wildman–Crippen MR) is 98.9 cm³/mol. The molecule has 0 aromatic heterocycles. The molecule has 1 saturated carbocycles. The Balaban J connectivity index is 1.90. The minimum atomic E-state index is -2.12. The lowest BCUT2D eigenvalue weighted by Crippen LogP contribution is -2.45. The molecule has 3 nitrogen and oxygen atoms in total. The van der Waals surface area contributed by atoms with E-state index < -0.39 is 12.7 Å². The molecular weight excluding hydrogens is 305 g/mol. The summed E-state index contributed by atoms with van der Waals surface area (Å²) >= 11 is 0. The van der Waals surface area contributed by atoms with Crippen LogP contribution in [0, 0.1) is 0 Å². The van der Waals surface area contributed by atoms with Crippen LogP contribution in [0.4, 0.5) is 0 Å². The van der Waals surface area contributed by atoms with E-state index >= 15 is 0 Å². The molecule has 0 radical (unpaired) electrons. The third kappa shape index (κ3) is 5.45. The Morgan fingerprint density at radius 1 is 1.39 bits per heavy atom. The quantitative estimate of drug-likeness (QED) is 0.765. The highest BCUT2D eigenvalue weighted by atomic mass is 31.2. The number of benzene rings is 1. The summed E-state index contributed by atoms with van der Waals surface area (Å²) in [7, 11) is -2.12. The lowest BCUT2D eigenvalue weighted by Gasteiger charge is -2.38.